The van der Waals surface area contributed by atoms with Crippen LogP contribution in [0.25, 0.3) is 0 Å². The summed E-state index contributed by atoms with van der Waals surface area (Å²) in [7, 11) is 1.72. The number of aryl methyl sites for hydroxylation is 1. The van der Waals surface area contributed by atoms with Crippen LogP contribution in [-0.4, -0.2) is 7.11 Å². The first kappa shape index (κ1) is 15.9. The van der Waals surface area contributed by atoms with Crippen LogP contribution in [-0.2, 0) is 0 Å². The van der Waals surface area contributed by atoms with Crippen molar-refractivity contribution < 1.29 is 4.74 Å². The van der Waals surface area contributed by atoms with E-state index in [1.807, 2.05) is 13.0 Å². The first-order valence-electron chi connectivity index (χ1n) is 6.75. The van der Waals surface area contributed by atoms with Crippen molar-refractivity contribution in [1.82, 2.24) is 0 Å². The molecular weight excluding hydrogens is 256 g/mol. The Labute approximate surface area is 122 Å². The highest BCUT2D eigenvalue weighted by molar-refractivity contribution is 6.31. The van der Waals surface area contributed by atoms with Gasteiger partial charge in [0.15, 0.2) is 0 Å². The Bertz CT molecular complexity index is 508. The molecule has 104 valence electrons. The number of hydrogen-bond donors (Lipinski definition) is 0. The monoisotopic (exact) mass is 278 g/mol. The maximum absolute atomic E-state index is 6.31. The molecule has 2 unspecified atom stereocenters. The van der Waals surface area contributed by atoms with Gasteiger partial charge in [-0.2, -0.15) is 0 Å². The fourth-order valence-corrected chi connectivity index (χ4v) is 2.60. The van der Waals surface area contributed by atoms with Gasteiger partial charge in [0.25, 0.3) is 0 Å². The number of rotatable bonds is 3. The third-order valence-electron chi connectivity index (χ3n) is 3.62. The summed E-state index contributed by atoms with van der Waals surface area (Å²) in [5.41, 5.74) is 3.36. The van der Waals surface area contributed by atoms with Crippen LogP contribution in [0.15, 0.2) is 6.07 Å². The molecule has 0 saturated heterocycles. The number of hydrogen-bond acceptors (Lipinski definition) is 1. The van der Waals surface area contributed by atoms with Crippen LogP contribution >= 0.6 is 11.6 Å². The third-order valence-corrected chi connectivity index (χ3v) is 4.02. The average molecular weight is 279 g/mol. The van der Waals surface area contributed by atoms with E-state index in [0.717, 1.165) is 28.3 Å². The van der Waals surface area contributed by atoms with E-state index in [2.05, 4.69) is 39.5 Å². The van der Waals surface area contributed by atoms with Gasteiger partial charge in [-0.05, 0) is 37.0 Å². The second-order valence-corrected chi connectivity index (χ2v) is 5.41. The van der Waals surface area contributed by atoms with Gasteiger partial charge in [0.05, 0.1) is 7.11 Å². The Morgan fingerprint density at radius 2 is 1.95 bits per heavy atom. The van der Waals surface area contributed by atoms with Gasteiger partial charge >= 0.3 is 0 Å². The van der Waals surface area contributed by atoms with Gasteiger partial charge in [-0.25, -0.2) is 0 Å². The van der Waals surface area contributed by atoms with E-state index in [4.69, 9.17) is 16.3 Å². The summed E-state index contributed by atoms with van der Waals surface area (Å²) in [6.07, 6.45) is 0.891. The molecule has 0 bridgehead atoms. The number of ether oxygens (including phenoxy) is 1. The molecule has 0 aliphatic rings. The highest BCUT2D eigenvalue weighted by atomic mass is 35.5. The summed E-state index contributed by atoms with van der Waals surface area (Å²) >= 11 is 6.31. The van der Waals surface area contributed by atoms with Crippen LogP contribution in [0.2, 0.25) is 5.02 Å². The zero-order valence-electron chi connectivity index (χ0n) is 12.7. The lowest BCUT2D eigenvalue weighted by Crippen LogP contribution is -2.09. The molecule has 1 rings (SSSR count). The van der Waals surface area contributed by atoms with Crippen LogP contribution in [0.1, 0.15) is 49.8 Å². The minimum absolute atomic E-state index is 0.283. The molecule has 0 saturated carbocycles. The van der Waals surface area contributed by atoms with Crippen LogP contribution < -0.4 is 4.74 Å². The largest absolute Gasteiger partial charge is 0.496 e. The van der Waals surface area contributed by atoms with Crippen molar-refractivity contribution >= 4 is 11.6 Å². The summed E-state index contributed by atoms with van der Waals surface area (Å²) in [5.74, 6) is 7.98. The quantitative estimate of drug-likeness (QED) is 0.698. The van der Waals surface area contributed by atoms with Gasteiger partial charge in [0, 0.05) is 22.9 Å². The number of halogens is 1. The molecule has 0 aliphatic carbocycles. The highest BCUT2D eigenvalue weighted by Gasteiger charge is 2.22. The molecule has 1 aromatic carbocycles. The summed E-state index contributed by atoms with van der Waals surface area (Å²) in [6.45, 7) is 10.5. The third kappa shape index (κ3) is 3.45. The molecule has 0 spiro atoms. The van der Waals surface area contributed by atoms with Gasteiger partial charge in [-0.15, -0.1) is 5.92 Å². The fourth-order valence-electron chi connectivity index (χ4n) is 2.33. The molecule has 0 aliphatic heterocycles. The Kier molecular flexibility index (Phi) is 5.76. The van der Waals surface area contributed by atoms with Crippen LogP contribution in [0, 0.1) is 31.6 Å². The minimum atomic E-state index is 0.283. The molecule has 1 aromatic rings. The maximum atomic E-state index is 6.31. The molecule has 2 heteroatoms. The molecule has 0 N–H and O–H groups in total. The van der Waals surface area contributed by atoms with Crippen LogP contribution in [0.3, 0.4) is 0 Å². The Hall–Kier alpha value is -1.13. The zero-order chi connectivity index (χ0) is 14.6. The van der Waals surface area contributed by atoms with Gasteiger partial charge in [-0.3, -0.25) is 0 Å². The normalized spacial score (nSPS) is 13.4. The molecule has 19 heavy (non-hydrogen) atoms. The molecule has 0 heterocycles. The van der Waals surface area contributed by atoms with Crippen molar-refractivity contribution in [1.29, 1.82) is 0 Å². The Morgan fingerprint density at radius 3 is 2.47 bits per heavy atom. The topological polar surface area (TPSA) is 9.23 Å². The maximum Gasteiger partial charge on any atom is 0.125 e. The van der Waals surface area contributed by atoms with E-state index in [0.29, 0.717) is 5.92 Å². The summed E-state index contributed by atoms with van der Waals surface area (Å²) in [5, 5.41) is 0.802. The highest BCUT2D eigenvalue weighted by Crippen LogP contribution is 2.39. The molecule has 0 fully saturated rings. The molecule has 2 atom stereocenters. The van der Waals surface area contributed by atoms with E-state index < -0.39 is 0 Å². The standard InChI is InChI=1S/C17H23ClO/c1-7-8-9-11(2)13(4)16-14(5)15(18)10-12(3)17(16)19-6/h10-11,13H,7H2,1-6H3. The van der Waals surface area contributed by atoms with Gasteiger partial charge < -0.3 is 4.74 Å². The minimum Gasteiger partial charge on any atom is -0.496 e. The van der Waals surface area contributed by atoms with Gasteiger partial charge in [0.1, 0.15) is 5.75 Å². The molecular formula is C17H23ClO. The first-order chi connectivity index (χ1) is 8.93. The lowest BCUT2D eigenvalue weighted by Gasteiger charge is -2.23. The molecule has 0 radical (unpaired) electrons. The number of benzene rings is 1. The molecule has 0 aromatic heterocycles. The van der Waals surface area contributed by atoms with Crippen LogP contribution in [0.5, 0.6) is 5.75 Å². The lowest BCUT2D eigenvalue weighted by molar-refractivity contribution is 0.399. The van der Waals surface area contributed by atoms with Gasteiger partial charge in [-0.1, -0.05) is 38.3 Å². The van der Waals surface area contributed by atoms with E-state index >= 15 is 0 Å². The summed E-state index contributed by atoms with van der Waals surface area (Å²) < 4.78 is 5.58. The zero-order valence-corrected chi connectivity index (χ0v) is 13.5. The van der Waals surface area contributed by atoms with E-state index in [-0.39, 0.29) is 5.92 Å². The second-order valence-electron chi connectivity index (χ2n) is 5.00. The van der Waals surface area contributed by atoms with Gasteiger partial charge in [0.2, 0.25) is 0 Å². The Morgan fingerprint density at radius 1 is 1.32 bits per heavy atom. The smallest absolute Gasteiger partial charge is 0.125 e. The molecule has 0 amide bonds. The lowest BCUT2D eigenvalue weighted by atomic mass is 9.85. The SMILES string of the molecule is CCC#CC(C)C(C)c1c(C)c(Cl)cc(C)c1OC. The number of methoxy groups -OCH3 is 1. The summed E-state index contributed by atoms with van der Waals surface area (Å²) in [6, 6.07) is 1.97. The van der Waals surface area contributed by atoms with Crippen LogP contribution in [0.4, 0.5) is 0 Å². The molecule has 1 nitrogen and oxygen atoms in total. The van der Waals surface area contributed by atoms with Crippen molar-refractivity contribution in [3.05, 3.63) is 27.8 Å². The van der Waals surface area contributed by atoms with Crippen molar-refractivity contribution in [3.8, 4) is 17.6 Å². The van der Waals surface area contributed by atoms with Crippen molar-refractivity contribution in [3.63, 3.8) is 0 Å². The summed E-state index contributed by atoms with van der Waals surface area (Å²) in [4.78, 5) is 0. The first-order valence-corrected chi connectivity index (χ1v) is 7.13. The Balaban J connectivity index is 3.32. The van der Waals surface area contributed by atoms with E-state index in [9.17, 15) is 0 Å². The van der Waals surface area contributed by atoms with Crippen molar-refractivity contribution in [2.45, 2.75) is 47.0 Å². The van der Waals surface area contributed by atoms with E-state index in [1.165, 1.54) is 5.56 Å². The van der Waals surface area contributed by atoms with E-state index in [1.54, 1.807) is 7.11 Å². The predicted molar refractivity (Wildman–Crippen MR) is 83.1 cm³/mol. The fraction of sp³-hybridized carbons (Fsp3) is 0.529. The predicted octanol–water partition coefficient (Wildman–Crippen LogP) is 5.12. The average Bonchev–Trinajstić information content (AvgIpc) is 2.38. The second kappa shape index (κ2) is 6.87. The van der Waals surface area contributed by atoms with Crippen molar-refractivity contribution in [2.75, 3.05) is 7.11 Å². The van der Waals surface area contributed by atoms with Crippen molar-refractivity contribution in [2.24, 2.45) is 5.92 Å².